The topological polar surface area (TPSA) is 25.8 Å². The fourth-order valence-corrected chi connectivity index (χ4v) is 2.75. The Balaban J connectivity index is 2.00. The molecule has 0 aromatic carbocycles. The van der Waals surface area contributed by atoms with Crippen LogP contribution in [0.3, 0.4) is 0 Å². The first-order valence-electron chi connectivity index (χ1n) is 6.97. The van der Waals surface area contributed by atoms with E-state index in [0.717, 1.165) is 12.1 Å². The second kappa shape index (κ2) is 5.79. The van der Waals surface area contributed by atoms with Gasteiger partial charge in [-0.05, 0) is 49.1 Å². The first kappa shape index (κ1) is 12.1. The van der Waals surface area contributed by atoms with Crippen LogP contribution in [-0.2, 0) is 0 Å². The average Bonchev–Trinajstić information content (AvgIpc) is 2.75. The summed E-state index contributed by atoms with van der Waals surface area (Å²) in [6, 6.07) is 12.3. The third kappa shape index (κ3) is 2.73. The minimum absolute atomic E-state index is 0.388. The van der Waals surface area contributed by atoms with Crippen molar-refractivity contribution in [2.45, 2.75) is 31.6 Å². The monoisotopic (exact) mass is 250 g/mol. The molecular formula is C17H18N2. The number of nitrogens with zero attached hydrogens (tertiary/aromatic N) is 2. The van der Waals surface area contributed by atoms with Gasteiger partial charge in [0.1, 0.15) is 0 Å². The zero-order valence-corrected chi connectivity index (χ0v) is 11.0. The molecule has 2 heterocycles. The van der Waals surface area contributed by atoms with Gasteiger partial charge in [-0.1, -0.05) is 24.6 Å². The van der Waals surface area contributed by atoms with Crippen molar-refractivity contribution in [3.05, 3.63) is 66.3 Å². The number of aromatic nitrogens is 2. The van der Waals surface area contributed by atoms with Gasteiger partial charge >= 0.3 is 0 Å². The van der Waals surface area contributed by atoms with Crippen LogP contribution in [0.15, 0.2) is 54.9 Å². The fourth-order valence-electron chi connectivity index (χ4n) is 2.75. The van der Waals surface area contributed by atoms with Crippen LogP contribution in [0.4, 0.5) is 0 Å². The molecule has 0 aliphatic heterocycles. The molecule has 0 fully saturated rings. The molecule has 1 aliphatic rings. The Morgan fingerprint density at radius 2 is 1.74 bits per heavy atom. The molecule has 2 aromatic heterocycles. The van der Waals surface area contributed by atoms with E-state index >= 15 is 0 Å². The molecule has 2 nitrogen and oxygen atoms in total. The van der Waals surface area contributed by atoms with Crippen LogP contribution in [0.25, 0.3) is 5.57 Å². The quantitative estimate of drug-likeness (QED) is 0.797. The van der Waals surface area contributed by atoms with Gasteiger partial charge in [0.15, 0.2) is 0 Å². The average molecular weight is 250 g/mol. The number of hydrogen-bond donors (Lipinski definition) is 0. The van der Waals surface area contributed by atoms with Crippen LogP contribution in [0.5, 0.6) is 0 Å². The van der Waals surface area contributed by atoms with Gasteiger partial charge in [-0.3, -0.25) is 9.97 Å². The first-order chi connectivity index (χ1) is 9.45. The Morgan fingerprint density at radius 3 is 2.47 bits per heavy atom. The molecule has 0 saturated carbocycles. The second-order valence-electron chi connectivity index (χ2n) is 4.97. The van der Waals surface area contributed by atoms with E-state index in [1.165, 1.54) is 30.5 Å². The van der Waals surface area contributed by atoms with Gasteiger partial charge in [0, 0.05) is 24.0 Å². The van der Waals surface area contributed by atoms with Gasteiger partial charge in [-0.15, -0.1) is 0 Å². The predicted octanol–water partition coefficient (Wildman–Crippen LogP) is 4.22. The maximum Gasteiger partial charge on any atom is 0.0665 e. The minimum atomic E-state index is 0.388. The molecule has 3 rings (SSSR count). The minimum Gasteiger partial charge on any atom is -0.261 e. The highest BCUT2D eigenvalue weighted by molar-refractivity contribution is 5.68. The Morgan fingerprint density at radius 1 is 0.895 bits per heavy atom. The van der Waals surface area contributed by atoms with Gasteiger partial charge in [-0.25, -0.2) is 0 Å². The lowest BCUT2D eigenvalue weighted by Gasteiger charge is -2.18. The molecule has 96 valence electrons. The highest BCUT2D eigenvalue weighted by Gasteiger charge is 2.21. The highest BCUT2D eigenvalue weighted by atomic mass is 14.7. The molecule has 1 aliphatic carbocycles. The van der Waals surface area contributed by atoms with Crippen molar-refractivity contribution >= 4 is 5.57 Å². The van der Waals surface area contributed by atoms with Crippen molar-refractivity contribution in [2.24, 2.45) is 0 Å². The summed E-state index contributed by atoms with van der Waals surface area (Å²) in [7, 11) is 0. The number of rotatable bonds is 2. The smallest absolute Gasteiger partial charge is 0.0665 e. The molecular weight excluding hydrogens is 232 g/mol. The van der Waals surface area contributed by atoms with E-state index in [9.17, 15) is 0 Å². The van der Waals surface area contributed by atoms with Crippen molar-refractivity contribution in [1.82, 2.24) is 9.97 Å². The summed E-state index contributed by atoms with van der Waals surface area (Å²) < 4.78 is 0. The normalized spacial score (nSPS) is 19.6. The summed E-state index contributed by atoms with van der Waals surface area (Å²) in [5.41, 5.74) is 3.61. The Labute approximate surface area is 114 Å². The Hall–Kier alpha value is -1.96. The van der Waals surface area contributed by atoms with E-state index in [1.807, 2.05) is 24.5 Å². The Kier molecular flexibility index (Phi) is 3.68. The Bertz CT molecular complexity index is 546. The van der Waals surface area contributed by atoms with Crippen molar-refractivity contribution in [1.29, 1.82) is 0 Å². The van der Waals surface area contributed by atoms with Crippen LogP contribution in [-0.4, -0.2) is 9.97 Å². The lowest BCUT2D eigenvalue weighted by Crippen LogP contribution is -2.04. The van der Waals surface area contributed by atoms with Crippen molar-refractivity contribution in [2.75, 3.05) is 0 Å². The van der Waals surface area contributed by atoms with Crippen LogP contribution in [0.2, 0.25) is 0 Å². The second-order valence-corrected chi connectivity index (χ2v) is 4.97. The molecule has 0 amide bonds. The van der Waals surface area contributed by atoms with Gasteiger partial charge in [0.25, 0.3) is 0 Å². The summed E-state index contributed by atoms with van der Waals surface area (Å²) in [5, 5.41) is 0. The van der Waals surface area contributed by atoms with Gasteiger partial charge in [0.05, 0.1) is 5.69 Å². The third-order valence-corrected chi connectivity index (χ3v) is 3.69. The van der Waals surface area contributed by atoms with Crippen LogP contribution in [0, 0.1) is 0 Å². The zero-order chi connectivity index (χ0) is 12.9. The van der Waals surface area contributed by atoms with E-state index in [4.69, 9.17) is 0 Å². The van der Waals surface area contributed by atoms with Crippen LogP contribution >= 0.6 is 0 Å². The molecule has 0 spiro atoms. The standard InChI is InChI=1S/C17H18N2/c1-2-8-14(16-10-4-6-12-18-16)15(9-3-1)17-11-5-7-13-19-17/h4-8,10-13,15H,1-3,9H2. The lowest BCUT2D eigenvalue weighted by molar-refractivity contribution is 0.659. The van der Waals surface area contributed by atoms with E-state index < -0.39 is 0 Å². The van der Waals surface area contributed by atoms with Gasteiger partial charge < -0.3 is 0 Å². The van der Waals surface area contributed by atoms with Gasteiger partial charge in [0.2, 0.25) is 0 Å². The largest absolute Gasteiger partial charge is 0.261 e. The maximum atomic E-state index is 4.55. The number of hydrogen-bond acceptors (Lipinski definition) is 2. The molecule has 0 bridgehead atoms. The fraction of sp³-hybridized carbons (Fsp3) is 0.294. The van der Waals surface area contributed by atoms with Gasteiger partial charge in [-0.2, -0.15) is 0 Å². The van der Waals surface area contributed by atoms with E-state index in [-0.39, 0.29) is 0 Å². The molecule has 19 heavy (non-hydrogen) atoms. The highest BCUT2D eigenvalue weighted by Crippen LogP contribution is 2.37. The SMILES string of the molecule is C1=C(c2ccccn2)C(c2ccccn2)CCCC1. The maximum absolute atomic E-state index is 4.55. The van der Waals surface area contributed by atoms with E-state index in [2.05, 4.69) is 40.3 Å². The van der Waals surface area contributed by atoms with Crippen molar-refractivity contribution < 1.29 is 0 Å². The molecule has 0 radical (unpaired) electrons. The van der Waals surface area contributed by atoms with Crippen LogP contribution in [0.1, 0.15) is 43.0 Å². The van der Waals surface area contributed by atoms with E-state index in [0.29, 0.717) is 5.92 Å². The zero-order valence-electron chi connectivity index (χ0n) is 11.0. The molecule has 0 N–H and O–H groups in total. The summed E-state index contributed by atoms with van der Waals surface area (Å²) in [6.07, 6.45) is 10.9. The van der Waals surface area contributed by atoms with Crippen molar-refractivity contribution in [3.8, 4) is 0 Å². The number of pyridine rings is 2. The summed E-state index contributed by atoms with van der Waals surface area (Å²) in [6.45, 7) is 0. The van der Waals surface area contributed by atoms with Crippen molar-refractivity contribution in [3.63, 3.8) is 0 Å². The molecule has 1 atom stereocenters. The predicted molar refractivity (Wildman–Crippen MR) is 77.7 cm³/mol. The molecule has 2 heteroatoms. The van der Waals surface area contributed by atoms with E-state index in [1.54, 1.807) is 0 Å². The summed E-state index contributed by atoms with van der Waals surface area (Å²) in [5.74, 6) is 0.388. The number of allylic oxidation sites excluding steroid dienone is 2. The molecule has 0 saturated heterocycles. The summed E-state index contributed by atoms with van der Waals surface area (Å²) >= 11 is 0. The third-order valence-electron chi connectivity index (χ3n) is 3.69. The lowest BCUT2D eigenvalue weighted by atomic mass is 9.89. The molecule has 1 unspecified atom stereocenters. The summed E-state index contributed by atoms with van der Waals surface area (Å²) in [4.78, 5) is 9.07. The first-order valence-corrected chi connectivity index (χ1v) is 6.97. The van der Waals surface area contributed by atoms with Crippen LogP contribution < -0.4 is 0 Å². The molecule has 2 aromatic rings.